The maximum absolute atomic E-state index is 8.93. The van der Waals surface area contributed by atoms with Gasteiger partial charge in [0.05, 0.1) is 0 Å². The van der Waals surface area contributed by atoms with Gasteiger partial charge in [-0.05, 0) is 35.2 Å². The van der Waals surface area contributed by atoms with E-state index in [1.807, 2.05) is 11.8 Å². The number of thiophene rings is 1. The fourth-order valence-corrected chi connectivity index (χ4v) is 3.80. The van der Waals surface area contributed by atoms with E-state index in [1.165, 1.54) is 5.56 Å². The van der Waals surface area contributed by atoms with Crippen LogP contribution in [0.15, 0.2) is 16.8 Å². The Balaban J connectivity index is 2.65. The van der Waals surface area contributed by atoms with Crippen LogP contribution in [0, 0.1) is 0 Å². The first-order chi connectivity index (χ1) is 7.69. The molecule has 1 rings (SSSR count). The minimum absolute atomic E-state index is 0.195. The van der Waals surface area contributed by atoms with E-state index < -0.39 is 0 Å². The molecule has 0 bridgehead atoms. The quantitative estimate of drug-likeness (QED) is 0.791. The molecule has 0 amide bonds. The molecule has 1 heterocycles. The second kappa shape index (κ2) is 7.33. The predicted octanol–water partition coefficient (Wildman–Crippen LogP) is 3.03. The summed E-state index contributed by atoms with van der Waals surface area (Å²) in [7, 11) is 0. The topological polar surface area (TPSA) is 46.2 Å². The summed E-state index contributed by atoms with van der Waals surface area (Å²) in [6.07, 6.45) is 1.82. The van der Waals surface area contributed by atoms with Crippen LogP contribution in [0.25, 0.3) is 0 Å². The van der Waals surface area contributed by atoms with Crippen molar-refractivity contribution in [2.45, 2.75) is 43.2 Å². The minimum atomic E-state index is 0.195. The molecule has 0 aromatic carbocycles. The molecule has 0 spiro atoms. The van der Waals surface area contributed by atoms with E-state index in [2.05, 4.69) is 30.7 Å². The summed E-state index contributed by atoms with van der Waals surface area (Å²) in [6, 6.07) is 2.35. The third kappa shape index (κ3) is 4.09. The number of hydrogen-bond donors (Lipinski definition) is 2. The molecule has 1 aromatic rings. The molecule has 1 aromatic heterocycles. The van der Waals surface area contributed by atoms with Crippen molar-refractivity contribution in [1.82, 2.24) is 0 Å². The maximum atomic E-state index is 8.93. The smallest absolute Gasteiger partial charge is 0.0459 e. The van der Waals surface area contributed by atoms with E-state index in [0.717, 1.165) is 12.8 Å². The third-order valence-electron chi connectivity index (χ3n) is 2.65. The number of thioether (sulfide) groups is 1. The predicted molar refractivity (Wildman–Crippen MR) is 74.1 cm³/mol. The molecular weight excluding hydrogens is 238 g/mol. The molecule has 3 atom stereocenters. The summed E-state index contributed by atoms with van der Waals surface area (Å²) in [5.74, 6) is 0. The van der Waals surface area contributed by atoms with Gasteiger partial charge in [-0.15, -0.1) is 11.8 Å². The van der Waals surface area contributed by atoms with Gasteiger partial charge in [0.1, 0.15) is 0 Å². The van der Waals surface area contributed by atoms with Crippen LogP contribution < -0.4 is 5.73 Å². The summed E-state index contributed by atoms with van der Waals surface area (Å²) >= 11 is 3.60. The maximum Gasteiger partial charge on any atom is 0.0459 e. The molecule has 0 aliphatic carbocycles. The first-order valence-corrected chi connectivity index (χ1v) is 7.61. The van der Waals surface area contributed by atoms with Crippen molar-refractivity contribution in [1.29, 1.82) is 0 Å². The highest BCUT2D eigenvalue weighted by Crippen LogP contribution is 2.37. The first kappa shape index (κ1) is 14.0. The Kier molecular flexibility index (Phi) is 6.43. The van der Waals surface area contributed by atoms with E-state index in [9.17, 15) is 0 Å². The van der Waals surface area contributed by atoms with Gasteiger partial charge in [0.15, 0.2) is 0 Å². The Hall–Kier alpha value is -0.0300. The zero-order valence-electron chi connectivity index (χ0n) is 9.93. The number of aliphatic hydroxyl groups is 1. The van der Waals surface area contributed by atoms with Gasteiger partial charge >= 0.3 is 0 Å². The van der Waals surface area contributed by atoms with Gasteiger partial charge < -0.3 is 10.8 Å². The highest BCUT2D eigenvalue weighted by Gasteiger charge is 2.21. The van der Waals surface area contributed by atoms with Crippen molar-refractivity contribution >= 4 is 23.1 Å². The van der Waals surface area contributed by atoms with Crippen LogP contribution in [0.4, 0.5) is 0 Å². The molecule has 0 fully saturated rings. The third-order valence-corrected chi connectivity index (χ3v) is 4.96. The van der Waals surface area contributed by atoms with Crippen molar-refractivity contribution in [2.24, 2.45) is 5.73 Å². The van der Waals surface area contributed by atoms with Crippen molar-refractivity contribution in [3.8, 4) is 0 Å². The average Bonchev–Trinajstić information content (AvgIpc) is 2.78. The van der Waals surface area contributed by atoms with Crippen LogP contribution in [0.5, 0.6) is 0 Å². The van der Waals surface area contributed by atoms with E-state index in [0.29, 0.717) is 10.5 Å². The Morgan fingerprint density at radius 3 is 2.81 bits per heavy atom. The van der Waals surface area contributed by atoms with Gasteiger partial charge in [0, 0.05) is 23.1 Å². The first-order valence-electron chi connectivity index (χ1n) is 5.73. The molecule has 3 N–H and O–H groups in total. The van der Waals surface area contributed by atoms with Gasteiger partial charge in [0.25, 0.3) is 0 Å². The van der Waals surface area contributed by atoms with Crippen LogP contribution in [-0.4, -0.2) is 23.0 Å². The molecule has 16 heavy (non-hydrogen) atoms. The summed E-state index contributed by atoms with van der Waals surface area (Å²) < 4.78 is 0. The Labute approximate surface area is 106 Å². The lowest BCUT2D eigenvalue weighted by Crippen LogP contribution is -2.26. The van der Waals surface area contributed by atoms with Crippen LogP contribution in [0.1, 0.15) is 37.5 Å². The summed E-state index contributed by atoms with van der Waals surface area (Å²) in [5.41, 5.74) is 7.50. The van der Waals surface area contributed by atoms with Gasteiger partial charge in [-0.2, -0.15) is 11.3 Å². The standard InChI is InChI=1S/C12H21NOS2/c1-3-11(13)12(10-5-7-15-8-10)16-9(2)4-6-14/h5,7-9,11-12,14H,3-4,6,13H2,1-2H3. The zero-order chi connectivity index (χ0) is 12.0. The number of nitrogens with two attached hydrogens (primary N) is 1. The molecule has 3 unspecified atom stereocenters. The van der Waals surface area contributed by atoms with E-state index in [4.69, 9.17) is 10.8 Å². The SMILES string of the molecule is CCC(N)C(SC(C)CCO)c1ccsc1. The lowest BCUT2D eigenvalue weighted by molar-refractivity contribution is 0.288. The Bertz CT molecular complexity index is 277. The van der Waals surface area contributed by atoms with Crippen molar-refractivity contribution in [3.05, 3.63) is 22.4 Å². The second-order valence-corrected chi connectivity index (χ2v) is 6.37. The lowest BCUT2D eigenvalue weighted by atomic mass is 10.1. The zero-order valence-corrected chi connectivity index (χ0v) is 11.6. The Morgan fingerprint density at radius 2 is 2.31 bits per heavy atom. The minimum Gasteiger partial charge on any atom is -0.396 e. The summed E-state index contributed by atoms with van der Waals surface area (Å²) in [4.78, 5) is 0. The molecule has 4 heteroatoms. The number of hydrogen-bond acceptors (Lipinski definition) is 4. The Morgan fingerprint density at radius 1 is 1.56 bits per heavy atom. The molecule has 0 saturated heterocycles. The highest BCUT2D eigenvalue weighted by molar-refractivity contribution is 8.00. The summed E-state index contributed by atoms with van der Waals surface area (Å²) in [5, 5.41) is 14.0. The van der Waals surface area contributed by atoms with Crippen molar-refractivity contribution in [2.75, 3.05) is 6.61 Å². The molecule has 92 valence electrons. The molecule has 0 saturated carbocycles. The molecular formula is C12H21NOS2. The van der Waals surface area contributed by atoms with Crippen molar-refractivity contribution < 1.29 is 5.11 Å². The normalized spacial score (nSPS) is 17.0. The fourth-order valence-electron chi connectivity index (χ4n) is 1.58. The molecule has 0 aliphatic rings. The van der Waals surface area contributed by atoms with Crippen molar-refractivity contribution in [3.63, 3.8) is 0 Å². The number of rotatable bonds is 7. The molecule has 2 nitrogen and oxygen atoms in total. The van der Waals surface area contributed by atoms with Gasteiger partial charge in [-0.3, -0.25) is 0 Å². The van der Waals surface area contributed by atoms with Crippen LogP contribution in [0.2, 0.25) is 0 Å². The van der Waals surface area contributed by atoms with E-state index in [1.54, 1.807) is 11.3 Å². The van der Waals surface area contributed by atoms with E-state index in [-0.39, 0.29) is 12.6 Å². The van der Waals surface area contributed by atoms with Crippen LogP contribution >= 0.6 is 23.1 Å². The second-order valence-electron chi connectivity index (χ2n) is 4.01. The van der Waals surface area contributed by atoms with E-state index >= 15 is 0 Å². The summed E-state index contributed by atoms with van der Waals surface area (Å²) in [6.45, 7) is 4.54. The van der Waals surface area contributed by atoms with Crippen LogP contribution in [-0.2, 0) is 0 Å². The van der Waals surface area contributed by atoms with Gasteiger partial charge in [0.2, 0.25) is 0 Å². The average molecular weight is 259 g/mol. The lowest BCUT2D eigenvalue weighted by Gasteiger charge is -2.24. The van der Waals surface area contributed by atoms with Crippen LogP contribution in [0.3, 0.4) is 0 Å². The molecule has 0 aliphatic heterocycles. The number of aliphatic hydroxyl groups excluding tert-OH is 1. The largest absolute Gasteiger partial charge is 0.396 e. The fraction of sp³-hybridized carbons (Fsp3) is 0.667. The van der Waals surface area contributed by atoms with Gasteiger partial charge in [-0.1, -0.05) is 13.8 Å². The monoisotopic (exact) mass is 259 g/mol. The molecule has 0 radical (unpaired) electrons. The highest BCUT2D eigenvalue weighted by atomic mass is 32.2. The van der Waals surface area contributed by atoms with Gasteiger partial charge in [-0.25, -0.2) is 0 Å².